The molecule has 1 N–H and O–H groups in total. The Morgan fingerprint density at radius 2 is 1.91 bits per heavy atom. The molecule has 1 atom stereocenters. The van der Waals surface area contributed by atoms with E-state index in [0.717, 1.165) is 41.7 Å². The molecule has 0 amide bonds. The number of halogens is 3. The van der Waals surface area contributed by atoms with E-state index in [0.29, 0.717) is 23.6 Å². The average molecular weight is 483 g/mol. The van der Waals surface area contributed by atoms with E-state index in [2.05, 4.69) is 15.1 Å². The second-order valence-electron chi connectivity index (χ2n) is 8.95. The summed E-state index contributed by atoms with van der Waals surface area (Å²) in [5.74, 6) is 0.526. The number of rotatable bonds is 5. The third-order valence-corrected chi connectivity index (χ3v) is 6.69. The van der Waals surface area contributed by atoms with Gasteiger partial charge in [0, 0.05) is 30.2 Å². The van der Waals surface area contributed by atoms with Gasteiger partial charge < -0.3 is 9.63 Å². The molecule has 180 valence electrons. The van der Waals surface area contributed by atoms with Gasteiger partial charge in [-0.25, -0.2) is 9.80 Å². The van der Waals surface area contributed by atoms with Crippen molar-refractivity contribution < 1.29 is 27.6 Å². The van der Waals surface area contributed by atoms with Crippen LogP contribution in [-0.4, -0.2) is 37.8 Å². The molecule has 3 heterocycles. The summed E-state index contributed by atoms with van der Waals surface area (Å²) in [7, 11) is 1.92. The smallest absolute Gasteiger partial charge is 0.416 e. The zero-order chi connectivity index (χ0) is 24.5. The number of hydrazine groups is 1. The van der Waals surface area contributed by atoms with Gasteiger partial charge in [0.25, 0.3) is 0 Å². The molecule has 1 unspecified atom stereocenters. The normalized spacial score (nSPS) is 17.2. The summed E-state index contributed by atoms with van der Waals surface area (Å²) >= 11 is 0. The fourth-order valence-corrected chi connectivity index (χ4v) is 4.98. The minimum atomic E-state index is -4.45. The van der Waals surface area contributed by atoms with Gasteiger partial charge in [-0.3, -0.25) is 9.58 Å². The Hall–Kier alpha value is -3.86. The predicted octanol–water partition coefficient (Wildman–Crippen LogP) is 5.05. The van der Waals surface area contributed by atoms with Crippen LogP contribution in [0.15, 0.2) is 53.4 Å². The SMILES string of the molecule is CN1Cc2c(n(-c3ccc(C(F)(F)F)cc3)c3ccc(C(=O)O)cc23)N1C(c1ncon1)C1CC1. The largest absolute Gasteiger partial charge is 0.478 e. The van der Waals surface area contributed by atoms with Crippen molar-refractivity contribution in [1.29, 1.82) is 0 Å². The summed E-state index contributed by atoms with van der Waals surface area (Å²) in [6.07, 6.45) is -1.19. The van der Waals surface area contributed by atoms with E-state index in [1.54, 1.807) is 12.1 Å². The molecule has 4 aromatic rings. The minimum absolute atomic E-state index is 0.142. The van der Waals surface area contributed by atoms with Gasteiger partial charge in [0.1, 0.15) is 11.9 Å². The van der Waals surface area contributed by atoms with E-state index in [1.165, 1.54) is 24.6 Å². The summed E-state index contributed by atoms with van der Waals surface area (Å²) in [5.41, 5.74) is 1.54. The first-order chi connectivity index (χ1) is 16.7. The molecule has 2 aliphatic rings. The maximum atomic E-state index is 13.2. The van der Waals surface area contributed by atoms with Crippen LogP contribution in [0.3, 0.4) is 0 Å². The highest BCUT2D eigenvalue weighted by Crippen LogP contribution is 2.51. The number of anilines is 1. The maximum Gasteiger partial charge on any atom is 0.416 e. The Labute approximate surface area is 197 Å². The van der Waals surface area contributed by atoms with Crippen molar-refractivity contribution in [3.63, 3.8) is 0 Å². The Balaban J connectivity index is 1.59. The highest BCUT2D eigenvalue weighted by molar-refractivity contribution is 5.98. The summed E-state index contributed by atoms with van der Waals surface area (Å²) in [6, 6.07) is 9.58. The number of hydrogen-bond acceptors (Lipinski definition) is 6. The minimum Gasteiger partial charge on any atom is -0.478 e. The second-order valence-corrected chi connectivity index (χ2v) is 8.95. The van der Waals surface area contributed by atoms with Crippen molar-refractivity contribution in [2.75, 3.05) is 12.1 Å². The first-order valence-corrected chi connectivity index (χ1v) is 11.1. The fraction of sp³-hybridized carbons (Fsp3) is 0.292. The number of carboxylic acids is 1. The number of carboxylic acid groups (broad SMARTS) is 1. The van der Waals surface area contributed by atoms with Crippen LogP contribution < -0.4 is 5.01 Å². The lowest BCUT2D eigenvalue weighted by Crippen LogP contribution is -2.40. The summed E-state index contributed by atoms with van der Waals surface area (Å²) in [4.78, 5) is 16.0. The van der Waals surface area contributed by atoms with E-state index < -0.39 is 17.7 Å². The lowest BCUT2D eigenvalue weighted by atomic mass is 10.1. The van der Waals surface area contributed by atoms with E-state index in [-0.39, 0.29) is 17.5 Å². The van der Waals surface area contributed by atoms with Crippen LogP contribution in [-0.2, 0) is 12.7 Å². The molecular weight excluding hydrogens is 463 g/mol. The molecule has 0 saturated heterocycles. The molecule has 2 aromatic carbocycles. The summed E-state index contributed by atoms with van der Waals surface area (Å²) in [6.45, 7) is 0.490. The first kappa shape index (κ1) is 21.7. The third-order valence-electron chi connectivity index (χ3n) is 6.69. The highest BCUT2D eigenvalue weighted by Gasteiger charge is 2.46. The van der Waals surface area contributed by atoms with Gasteiger partial charge in [0.05, 0.1) is 16.6 Å². The first-order valence-electron chi connectivity index (χ1n) is 11.1. The molecule has 0 spiro atoms. The Morgan fingerprint density at radius 1 is 1.17 bits per heavy atom. The number of nitrogens with zero attached hydrogens (tertiary/aromatic N) is 5. The number of carbonyl (C=O) groups is 1. The van der Waals surface area contributed by atoms with E-state index in [4.69, 9.17) is 4.52 Å². The Bertz CT molecular complexity index is 1430. The van der Waals surface area contributed by atoms with Gasteiger partial charge in [0.15, 0.2) is 5.82 Å². The molecule has 35 heavy (non-hydrogen) atoms. The van der Waals surface area contributed by atoms with E-state index in [1.807, 2.05) is 16.6 Å². The van der Waals surface area contributed by atoms with Gasteiger partial charge >= 0.3 is 12.1 Å². The highest BCUT2D eigenvalue weighted by atomic mass is 19.4. The van der Waals surface area contributed by atoms with Crippen LogP contribution in [0.25, 0.3) is 16.6 Å². The standard InChI is InChI=1S/C24H20F3N5O3/c1-30-11-18-17-10-14(23(33)34)4-9-19(17)31(16-7-5-15(6-8-16)24(25,26)27)22(18)32(30)20(13-2-3-13)21-28-12-35-29-21/h4-10,12-13,20H,2-3,11H2,1H3,(H,33,34). The Morgan fingerprint density at radius 3 is 2.51 bits per heavy atom. The lowest BCUT2D eigenvalue weighted by Gasteiger charge is -2.34. The molecule has 2 aromatic heterocycles. The Kier molecular flexibility index (Phi) is 4.69. The molecular formula is C24H20F3N5O3. The van der Waals surface area contributed by atoms with Crippen molar-refractivity contribution in [2.45, 2.75) is 31.6 Å². The zero-order valence-electron chi connectivity index (χ0n) is 18.5. The molecule has 1 aliphatic carbocycles. The lowest BCUT2D eigenvalue weighted by molar-refractivity contribution is -0.137. The molecule has 6 rings (SSSR count). The molecule has 0 radical (unpaired) electrons. The number of alkyl halides is 3. The van der Waals surface area contributed by atoms with Gasteiger partial charge in [0.2, 0.25) is 6.39 Å². The van der Waals surface area contributed by atoms with E-state index in [9.17, 15) is 23.1 Å². The van der Waals surface area contributed by atoms with Gasteiger partial charge in [-0.05, 0) is 61.2 Å². The molecule has 1 fully saturated rings. The monoisotopic (exact) mass is 483 g/mol. The fourth-order valence-electron chi connectivity index (χ4n) is 4.98. The van der Waals surface area contributed by atoms with Crippen LogP contribution in [0.1, 0.15) is 46.2 Å². The number of aromatic carboxylic acids is 1. The van der Waals surface area contributed by atoms with Crippen LogP contribution in [0, 0.1) is 5.92 Å². The summed E-state index contributed by atoms with van der Waals surface area (Å²) < 4.78 is 46.6. The number of aromatic nitrogens is 3. The maximum absolute atomic E-state index is 13.2. The predicted molar refractivity (Wildman–Crippen MR) is 119 cm³/mol. The second kappa shape index (κ2) is 7.57. The van der Waals surface area contributed by atoms with Gasteiger partial charge in [-0.1, -0.05) is 5.16 Å². The summed E-state index contributed by atoms with van der Waals surface area (Å²) in [5, 5.41) is 18.5. The number of benzene rings is 2. The molecule has 11 heteroatoms. The number of hydrogen-bond donors (Lipinski definition) is 1. The quantitative estimate of drug-likeness (QED) is 0.425. The third kappa shape index (κ3) is 3.45. The molecule has 0 bridgehead atoms. The zero-order valence-corrected chi connectivity index (χ0v) is 18.5. The van der Waals surface area contributed by atoms with Crippen molar-refractivity contribution in [1.82, 2.24) is 19.7 Å². The van der Waals surface area contributed by atoms with Crippen LogP contribution in [0.5, 0.6) is 0 Å². The van der Waals surface area contributed by atoms with Crippen molar-refractivity contribution in [3.8, 4) is 5.69 Å². The van der Waals surface area contributed by atoms with Crippen molar-refractivity contribution in [2.24, 2.45) is 5.92 Å². The van der Waals surface area contributed by atoms with Crippen LogP contribution in [0.4, 0.5) is 19.0 Å². The molecule has 1 aliphatic heterocycles. The van der Waals surface area contributed by atoms with Crippen LogP contribution in [0.2, 0.25) is 0 Å². The average Bonchev–Trinajstić information content (AvgIpc) is 3.27. The van der Waals surface area contributed by atoms with Gasteiger partial charge in [-0.15, -0.1) is 0 Å². The number of fused-ring (bicyclic) bond motifs is 3. The molecule has 8 nitrogen and oxygen atoms in total. The van der Waals surface area contributed by atoms with Crippen molar-refractivity contribution >= 4 is 22.7 Å². The van der Waals surface area contributed by atoms with E-state index >= 15 is 0 Å². The van der Waals surface area contributed by atoms with Crippen molar-refractivity contribution in [3.05, 3.63) is 71.4 Å². The molecule has 1 saturated carbocycles. The van der Waals surface area contributed by atoms with Crippen LogP contribution >= 0.6 is 0 Å². The van der Waals surface area contributed by atoms with Gasteiger partial charge in [-0.2, -0.15) is 18.2 Å². The topological polar surface area (TPSA) is 87.6 Å².